The first kappa shape index (κ1) is 32.1. The summed E-state index contributed by atoms with van der Waals surface area (Å²) in [6.45, 7) is 18.4. The second kappa shape index (κ2) is 12.1. The summed E-state index contributed by atoms with van der Waals surface area (Å²) in [7, 11) is 1.00. The monoisotopic (exact) mass is 522 g/mol. The zero-order valence-electron chi connectivity index (χ0n) is 23.0. The zero-order chi connectivity index (χ0) is 26.8. The lowest BCUT2D eigenvalue weighted by Gasteiger charge is -2.33. The van der Waals surface area contributed by atoms with Gasteiger partial charge in [0.1, 0.15) is 4.75 Å². The van der Waals surface area contributed by atoms with Crippen LogP contribution in [0.2, 0.25) is 0 Å². The first-order valence-electron chi connectivity index (χ1n) is 12.6. The van der Waals surface area contributed by atoms with Gasteiger partial charge in [-0.2, -0.15) is 0 Å². The summed E-state index contributed by atoms with van der Waals surface area (Å²) in [4.78, 5) is 9.21. The van der Waals surface area contributed by atoms with Gasteiger partial charge >= 0.3 is 0 Å². The lowest BCUT2D eigenvalue weighted by atomic mass is 9.90. The Balaban J connectivity index is 0.000000291. The van der Waals surface area contributed by atoms with Crippen LogP contribution in [0.4, 0.5) is 0 Å². The molecule has 0 spiro atoms. The van der Waals surface area contributed by atoms with E-state index in [1.54, 1.807) is 0 Å². The van der Waals surface area contributed by atoms with Gasteiger partial charge in [0.05, 0.1) is 11.6 Å². The van der Waals surface area contributed by atoms with Crippen LogP contribution in [0.15, 0.2) is 0 Å². The van der Waals surface area contributed by atoms with Crippen molar-refractivity contribution in [3.05, 3.63) is 0 Å². The number of nitrogens with one attached hydrogen (secondary N) is 1. The van der Waals surface area contributed by atoms with Crippen molar-refractivity contribution in [2.45, 2.75) is 110 Å². The van der Waals surface area contributed by atoms with Gasteiger partial charge in [0.2, 0.25) is 5.24 Å². The molecule has 8 heteroatoms. The number of hydrogen-bond donors (Lipinski definition) is 4. The molecule has 0 aromatic carbocycles. The molecule has 202 valence electrons. The minimum atomic E-state index is -0.954. The standard InChI is InChI=1S/C14H27NOS.C9H17NO.C2H3ClO.CH4O/c1-9-7-10-11(8-9)12(10)14(5,6)15-17(16)13(2,3)4;1-9(2,10)8-6-3-5(11)4-7(6)8;1-2(3)4;1-2/h9-12,15H,7-8H2,1-6H3;5-8,11H,3-4,10H2,1-2H3;1H3;2H,1H3/t9?,10-,11+,12?,17?;5?,6-,7+,8?;;. The second-order valence-electron chi connectivity index (χ2n) is 12.9. The minimum absolute atomic E-state index is 0.0184. The topological polar surface area (TPSA) is 119 Å². The highest BCUT2D eigenvalue weighted by Gasteiger charge is 2.62. The predicted molar refractivity (Wildman–Crippen MR) is 143 cm³/mol. The van der Waals surface area contributed by atoms with Gasteiger partial charge in [-0.1, -0.05) is 6.92 Å². The number of rotatable bonds is 4. The summed E-state index contributed by atoms with van der Waals surface area (Å²) in [5, 5.41) is 15.9. The van der Waals surface area contributed by atoms with Crippen LogP contribution in [-0.2, 0) is 16.2 Å². The largest absolute Gasteiger partial charge is 0.598 e. The Morgan fingerprint density at radius 1 is 0.941 bits per heavy atom. The molecule has 4 aliphatic rings. The quantitative estimate of drug-likeness (QED) is 0.324. The summed E-state index contributed by atoms with van der Waals surface area (Å²) >= 11 is 3.68. The van der Waals surface area contributed by atoms with Gasteiger partial charge in [-0.15, -0.1) is 4.72 Å². The Morgan fingerprint density at radius 2 is 1.29 bits per heavy atom. The average Bonchev–Trinajstić information content (AvgIpc) is 3.41. The average molecular weight is 523 g/mol. The van der Waals surface area contributed by atoms with Gasteiger partial charge in [-0.25, -0.2) is 0 Å². The number of halogens is 1. The van der Waals surface area contributed by atoms with Crippen molar-refractivity contribution in [2.75, 3.05) is 7.11 Å². The van der Waals surface area contributed by atoms with E-state index in [-0.39, 0.29) is 27.2 Å². The first-order valence-corrected chi connectivity index (χ1v) is 14.2. The van der Waals surface area contributed by atoms with E-state index < -0.39 is 11.4 Å². The van der Waals surface area contributed by atoms with Crippen molar-refractivity contribution >= 4 is 28.2 Å². The molecular weight excluding hydrogens is 472 g/mol. The fourth-order valence-corrected chi connectivity index (χ4v) is 7.48. The molecule has 0 aromatic heterocycles. The van der Waals surface area contributed by atoms with Crippen molar-refractivity contribution < 1.29 is 19.6 Å². The summed E-state index contributed by atoms with van der Waals surface area (Å²) in [6.07, 6.45) is 4.72. The molecule has 0 amide bonds. The maximum atomic E-state index is 12.2. The van der Waals surface area contributed by atoms with Gasteiger partial charge in [0.25, 0.3) is 0 Å². The van der Waals surface area contributed by atoms with Crippen molar-refractivity contribution in [1.29, 1.82) is 0 Å². The number of aliphatic hydroxyl groups is 2. The Labute approximate surface area is 216 Å². The van der Waals surface area contributed by atoms with Crippen LogP contribution in [0.3, 0.4) is 0 Å². The van der Waals surface area contributed by atoms with Crippen LogP contribution in [0, 0.1) is 41.4 Å². The van der Waals surface area contributed by atoms with E-state index in [1.165, 1.54) is 19.8 Å². The molecule has 5 N–H and O–H groups in total. The number of carbonyl (C=O) groups is 1. The minimum Gasteiger partial charge on any atom is -0.598 e. The number of aliphatic hydroxyl groups excluding tert-OH is 2. The normalized spacial score (nSPS) is 36.3. The summed E-state index contributed by atoms with van der Waals surface area (Å²) in [5.74, 6) is 5.60. The van der Waals surface area contributed by atoms with Crippen LogP contribution in [-0.4, -0.2) is 49.0 Å². The van der Waals surface area contributed by atoms with Gasteiger partial charge in [-0.05, 0) is 127 Å². The van der Waals surface area contributed by atoms with E-state index in [9.17, 15) is 14.5 Å². The Hall–Kier alpha value is 0.110. The van der Waals surface area contributed by atoms with Crippen LogP contribution in [0.1, 0.15) is 88.0 Å². The second-order valence-corrected chi connectivity index (χ2v) is 15.4. The molecule has 0 aromatic rings. The number of hydrogen-bond acceptors (Lipinski definition) is 6. The molecule has 4 aliphatic carbocycles. The third-order valence-corrected chi connectivity index (χ3v) is 9.53. The molecule has 5 unspecified atom stereocenters. The van der Waals surface area contributed by atoms with Gasteiger partial charge < -0.3 is 20.5 Å². The van der Waals surface area contributed by atoms with Crippen molar-refractivity contribution in [3.63, 3.8) is 0 Å². The fraction of sp³-hybridized carbons (Fsp3) is 0.962. The van der Waals surface area contributed by atoms with E-state index in [2.05, 4.69) is 50.9 Å². The molecular formula is C26H51ClN2O4S. The summed E-state index contributed by atoms with van der Waals surface area (Å²) in [6, 6.07) is 0. The Bertz CT molecular complexity index is 636. The van der Waals surface area contributed by atoms with Crippen molar-refractivity contribution in [3.8, 4) is 0 Å². The highest BCUT2D eigenvalue weighted by atomic mass is 35.5. The molecule has 0 radical (unpaired) electrons. The molecule has 9 atom stereocenters. The highest BCUT2D eigenvalue weighted by Crippen LogP contribution is 2.63. The molecule has 0 saturated heterocycles. The lowest BCUT2D eigenvalue weighted by molar-refractivity contribution is -0.109. The molecule has 0 aliphatic heterocycles. The highest BCUT2D eigenvalue weighted by molar-refractivity contribution is 7.90. The number of nitrogens with two attached hydrogens (primary N) is 1. The SMILES string of the molecule is CC(=O)Cl.CC(C)(N)C1[C@H]2CC(O)C[C@@H]12.CC1C[C@@H]2C(C(C)(C)N[S+]([O-])C(C)(C)C)[C@@H]2C1.CO. The third kappa shape index (κ3) is 8.89. The van der Waals surface area contributed by atoms with Crippen LogP contribution in [0.25, 0.3) is 0 Å². The fourth-order valence-electron chi connectivity index (χ4n) is 6.56. The molecule has 4 fully saturated rings. The zero-order valence-corrected chi connectivity index (χ0v) is 24.6. The van der Waals surface area contributed by atoms with Gasteiger partial charge in [-0.3, -0.25) is 4.79 Å². The molecule has 0 bridgehead atoms. The Morgan fingerprint density at radius 3 is 1.62 bits per heavy atom. The van der Waals surface area contributed by atoms with Gasteiger partial charge in [0.15, 0.2) is 0 Å². The van der Waals surface area contributed by atoms with E-state index >= 15 is 0 Å². The molecule has 4 rings (SSSR count). The molecule has 6 nitrogen and oxygen atoms in total. The van der Waals surface area contributed by atoms with E-state index in [0.29, 0.717) is 5.92 Å². The lowest BCUT2D eigenvalue weighted by Crippen LogP contribution is -2.52. The molecule has 0 heterocycles. The maximum absolute atomic E-state index is 12.2. The number of carbonyl (C=O) groups excluding carboxylic acids is 1. The van der Waals surface area contributed by atoms with Crippen LogP contribution >= 0.6 is 11.6 Å². The summed E-state index contributed by atoms with van der Waals surface area (Å²) in [5.41, 5.74) is 6.00. The van der Waals surface area contributed by atoms with E-state index in [0.717, 1.165) is 55.5 Å². The molecule has 4 saturated carbocycles. The van der Waals surface area contributed by atoms with Crippen molar-refractivity contribution in [2.24, 2.45) is 47.2 Å². The predicted octanol–water partition coefficient (Wildman–Crippen LogP) is 4.23. The Kier molecular flexibility index (Phi) is 11.4. The molecule has 34 heavy (non-hydrogen) atoms. The van der Waals surface area contributed by atoms with E-state index in [1.807, 2.05) is 20.8 Å². The first-order chi connectivity index (χ1) is 15.4. The third-order valence-electron chi connectivity index (χ3n) is 7.71. The number of fused-ring (bicyclic) bond motifs is 2. The maximum Gasteiger partial charge on any atom is 0.218 e. The smallest absolute Gasteiger partial charge is 0.218 e. The summed E-state index contributed by atoms with van der Waals surface area (Å²) < 4.78 is 15.4. The van der Waals surface area contributed by atoms with Crippen LogP contribution in [0.5, 0.6) is 0 Å². The van der Waals surface area contributed by atoms with Gasteiger partial charge in [0, 0.05) is 30.9 Å². The van der Waals surface area contributed by atoms with Crippen molar-refractivity contribution in [1.82, 2.24) is 4.72 Å². The van der Waals surface area contributed by atoms with Crippen LogP contribution < -0.4 is 10.5 Å². The van der Waals surface area contributed by atoms with E-state index in [4.69, 9.17) is 10.8 Å².